The highest BCUT2D eigenvalue weighted by atomic mass is 32.1. The first kappa shape index (κ1) is 28.5. The number of nitrogen functional groups attached to an aromatic ring is 1. The highest BCUT2D eigenvalue weighted by Crippen LogP contribution is 2.43. The number of halogens is 3. The lowest BCUT2D eigenvalue weighted by Gasteiger charge is -2.18. The van der Waals surface area contributed by atoms with Crippen molar-refractivity contribution in [3.8, 4) is 29.1 Å². The molecular weight excluding hydrogens is 565 g/mol. The zero-order chi connectivity index (χ0) is 29.5. The molecule has 7 rings (SSSR count). The minimum absolute atomic E-state index is 0.00661. The number of benzene rings is 2. The zero-order valence-corrected chi connectivity index (χ0v) is 24.1. The van der Waals surface area contributed by atoms with Crippen LogP contribution in [0.1, 0.15) is 38.2 Å². The van der Waals surface area contributed by atoms with Crippen LogP contribution in [0.3, 0.4) is 0 Å². The summed E-state index contributed by atoms with van der Waals surface area (Å²) in [5.74, 6) is -0.950. The minimum atomic E-state index is -0.655. The zero-order valence-electron chi connectivity index (χ0n) is 23.3. The van der Waals surface area contributed by atoms with E-state index in [-0.39, 0.29) is 55.8 Å². The second-order valence-electron chi connectivity index (χ2n) is 10.9. The Bertz CT molecular complexity index is 1680. The van der Waals surface area contributed by atoms with Gasteiger partial charge in [0.25, 0.3) is 0 Å². The monoisotopic (exact) mass is 596 g/mol. The maximum Gasteiger partial charge on any atom is 0.320 e. The second-order valence-corrected chi connectivity index (χ2v) is 12.0. The van der Waals surface area contributed by atoms with E-state index in [1.165, 1.54) is 32.1 Å². The van der Waals surface area contributed by atoms with Crippen LogP contribution in [0.25, 0.3) is 32.1 Å². The number of nitrogens with two attached hydrogens (primary N) is 1. The van der Waals surface area contributed by atoms with Gasteiger partial charge < -0.3 is 20.5 Å². The molecule has 4 aromatic rings. The van der Waals surface area contributed by atoms with Gasteiger partial charge in [0, 0.05) is 29.6 Å². The third kappa shape index (κ3) is 5.10. The maximum atomic E-state index is 15.9. The smallest absolute Gasteiger partial charge is 0.320 e. The third-order valence-electron chi connectivity index (χ3n) is 8.33. The SMILES string of the molecule is COc1nc(OC2CCNC2C)c2ccc(-c3ccc(F)c4sc(N)c(C#N)c34)c(F)c2n1.FC1CC2CCCN2C1. The van der Waals surface area contributed by atoms with Gasteiger partial charge in [0.15, 0.2) is 5.82 Å². The van der Waals surface area contributed by atoms with Crippen LogP contribution < -0.4 is 20.5 Å². The topological polar surface area (TPSA) is 109 Å². The summed E-state index contributed by atoms with van der Waals surface area (Å²) in [5, 5.41) is 13.7. The van der Waals surface area contributed by atoms with Gasteiger partial charge in [0.05, 0.1) is 22.8 Å². The molecule has 3 aliphatic heterocycles. The molecule has 3 N–H and O–H groups in total. The number of aromatic nitrogens is 2. The van der Waals surface area contributed by atoms with Crippen molar-refractivity contribution in [3.63, 3.8) is 0 Å². The molecule has 0 bridgehead atoms. The average Bonchev–Trinajstić information content (AvgIpc) is 3.74. The number of nitriles is 1. The molecule has 0 radical (unpaired) electrons. The van der Waals surface area contributed by atoms with Crippen molar-refractivity contribution < 1.29 is 22.6 Å². The summed E-state index contributed by atoms with van der Waals surface area (Å²) in [5.41, 5.74) is 6.57. The van der Waals surface area contributed by atoms with Gasteiger partial charge in [-0.1, -0.05) is 12.1 Å². The predicted molar refractivity (Wildman–Crippen MR) is 157 cm³/mol. The number of alkyl halides is 1. The number of ether oxygens (including phenoxy) is 2. The predicted octanol–water partition coefficient (Wildman–Crippen LogP) is 5.57. The molecule has 220 valence electrons. The largest absolute Gasteiger partial charge is 0.472 e. The quantitative estimate of drug-likeness (QED) is 0.315. The summed E-state index contributed by atoms with van der Waals surface area (Å²) < 4.78 is 54.4. The molecule has 4 atom stereocenters. The number of methoxy groups -OCH3 is 1. The van der Waals surface area contributed by atoms with Crippen LogP contribution in [0.2, 0.25) is 0 Å². The molecule has 5 heterocycles. The van der Waals surface area contributed by atoms with Crippen molar-refractivity contribution in [2.45, 2.75) is 57.0 Å². The molecule has 42 heavy (non-hydrogen) atoms. The molecule has 2 aromatic carbocycles. The van der Waals surface area contributed by atoms with Gasteiger partial charge in [-0.15, -0.1) is 11.3 Å². The molecule has 0 spiro atoms. The summed E-state index contributed by atoms with van der Waals surface area (Å²) in [7, 11) is 1.39. The van der Waals surface area contributed by atoms with Gasteiger partial charge in [0.2, 0.25) is 5.88 Å². The lowest BCUT2D eigenvalue weighted by molar-refractivity contribution is 0.185. The molecule has 2 aromatic heterocycles. The third-order valence-corrected chi connectivity index (χ3v) is 9.36. The number of nitrogens with one attached hydrogen (secondary N) is 1. The van der Waals surface area contributed by atoms with Crippen LogP contribution in [0.5, 0.6) is 11.9 Å². The molecule has 3 fully saturated rings. The Labute approximate surface area is 245 Å². The van der Waals surface area contributed by atoms with E-state index < -0.39 is 17.8 Å². The van der Waals surface area contributed by atoms with Crippen LogP contribution in [0.4, 0.5) is 18.2 Å². The fraction of sp³-hybridized carbons (Fsp3) is 0.433. The Morgan fingerprint density at radius 2 is 1.98 bits per heavy atom. The first-order chi connectivity index (χ1) is 20.3. The van der Waals surface area contributed by atoms with Gasteiger partial charge in [-0.25, -0.2) is 13.2 Å². The van der Waals surface area contributed by atoms with Crippen LogP contribution in [0.15, 0.2) is 24.3 Å². The van der Waals surface area contributed by atoms with Crippen molar-refractivity contribution in [1.82, 2.24) is 20.2 Å². The molecule has 8 nitrogen and oxygen atoms in total. The lowest BCUT2D eigenvalue weighted by Crippen LogP contribution is -2.31. The highest BCUT2D eigenvalue weighted by Gasteiger charge is 2.34. The number of hydrogen-bond acceptors (Lipinski definition) is 9. The highest BCUT2D eigenvalue weighted by molar-refractivity contribution is 7.23. The summed E-state index contributed by atoms with van der Waals surface area (Å²) in [6.07, 6.45) is 3.48. The minimum Gasteiger partial charge on any atom is -0.472 e. The molecule has 3 aliphatic rings. The fourth-order valence-electron chi connectivity index (χ4n) is 6.19. The van der Waals surface area contributed by atoms with E-state index in [0.717, 1.165) is 37.3 Å². The number of fused-ring (bicyclic) bond motifs is 3. The van der Waals surface area contributed by atoms with E-state index in [4.69, 9.17) is 15.2 Å². The van der Waals surface area contributed by atoms with Gasteiger partial charge in [0.1, 0.15) is 34.7 Å². The molecule has 4 unspecified atom stereocenters. The summed E-state index contributed by atoms with van der Waals surface area (Å²) in [4.78, 5) is 10.8. The Morgan fingerprint density at radius 3 is 2.69 bits per heavy atom. The van der Waals surface area contributed by atoms with Crippen molar-refractivity contribution in [2.75, 3.05) is 32.5 Å². The molecule has 0 saturated carbocycles. The molecule has 0 aliphatic carbocycles. The second kappa shape index (κ2) is 11.6. The maximum absolute atomic E-state index is 15.9. The standard InChI is InChI=1S/C23H19F2N5O2S.C7H12FN/c1-10-16(7-8-28-10)32-22-13-4-3-12(18(25)19(13)29-23(30-22)31-2)11-5-6-15(24)20-17(11)14(9-26)21(27)33-20;8-6-4-7-2-1-3-9(7)5-6/h3-6,10,16,28H,7-8,27H2,1-2H3;6-7H,1-5H2. The number of hydrogen-bond donors (Lipinski definition) is 2. The summed E-state index contributed by atoms with van der Waals surface area (Å²) in [6.45, 7) is 4.68. The van der Waals surface area contributed by atoms with E-state index in [0.29, 0.717) is 23.5 Å². The van der Waals surface area contributed by atoms with Gasteiger partial charge in [-0.05, 0) is 63.4 Å². The van der Waals surface area contributed by atoms with E-state index in [1.54, 1.807) is 12.1 Å². The first-order valence-corrected chi connectivity index (χ1v) is 14.8. The Hall–Kier alpha value is -3.66. The number of anilines is 1. The summed E-state index contributed by atoms with van der Waals surface area (Å²) >= 11 is 0.961. The van der Waals surface area contributed by atoms with E-state index in [2.05, 4.69) is 20.2 Å². The molecule has 12 heteroatoms. The van der Waals surface area contributed by atoms with Crippen LogP contribution in [-0.2, 0) is 0 Å². The lowest BCUT2D eigenvalue weighted by atomic mass is 9.97. The summed E-state index contributed by atoms with van der Waals surface area (Å²) in [6, 6.07) is 8.60. The van der Waals surface area contributed by atoms with Gasteiger partial charge in [-0.2, -0.15) is 15.2 Å². The fourth-order valence-corrected chi connectivity index (χ4v) is 7.14. The van der Waals surface area contributed by atoms with E-state index in [9.17, 15) is 14.0 Å². The number of thiophene rings is 1. The normalized spacial score (nSPS) is 23.5. The Balaban J connectivity index is 0.000000296. The van der Waals surface area contributed by atoms with E-state index in [1.807, 2.05) is 13.0 Å². The van der Waals surface area contributed by atoms with Crippen molar-refractivity contribution in [3.05, 3.63) is 41.5 Å². The van der Waals surface area contributed by atoms with Crippen molar-refractivity contribution >= 4 is 37.3 Å². The van der Waals surface area contributed by atoms with Crippen LogP contribution >= 0.6 is 11.3 Å². The van der Waals surface area contributed by atoms with Crippen molar-refractivity contribution in [2.24, 2.45) is 0 Å². The average molecular weight is 597 g/mol. The number of rotatable bonds is 4. The molecular formula is C30H31F3N6O2S. The molecule has 3 saturated heterocycles. The van der Waals surface area contributed by atoms with Crippen LogP contribution in [-0.4, -0.2) is 66.0 Å². The van der Waals surface area contributed by atoms with Gasteiger partial charge >= 0.3 is 6.01 Å². The van der Waals surface area contributed by atoms with E-state index >= 15 is 4.39 Å². The number of nitrogens with zero attached hydrogens (tertiary/aromatic N) is 4. The van der Waals surface area contributed by atoms with Crippen LogP contribution in [0, 0.1) is 23.0 Å². The molecule has 0 amide bonds. The van der Waals surface area contributed by atoms with Gasteiger partial charge in [-0.3, -0.25) is 4.90 Å². The Kier molecular flexibility index (Phi) is 7.83. The van der Waals surface area contributed by atoms with Crippen molar-refractivity contribution in [1.29, 1.82) is 5.26 Å². The first-order valence-electron chi connectivity index (χ1n) is 14.0. The Morgan fingerprint density at radius 1 is 1.17 bits per heavy atom.